The second kappa shape index (κ2) is 10.2. The number of benzene rings is 2. The van der Waals surface area contributed by atoms with Crippen molar-refractivity contribution in [3.8, 4) is 11.5 Å². The van der Waals surface area contributed by atoms with Crippen LogP contribution in [0.3, 0.4) is 0 Å². The Kier molecular flexibility index (Phi) is 7.46. The molecule has 2 aromatic rings. The Hall–Kier alpha value is -2.61. The molecule has 1 aliphatic carbocycles. The van der Waals surface area contributed by atoms with Crippen LogP contribution in [0.15, 0.2) is 46.9 Å². The van der Waals surface area contributed by atoms with E-state index in [9.17, 15) is 14.0 Å². The summed E-state index contributed by atoms with van der Waals surface area (Å²) in [4.78, 5) is 23.4. The number of hydrogen-bond acceptors (Lipinski definition) is 4. The number of ether oxygens (including phenoxy) is 2. The van der Waals surface area contributed by atoms with Crippen LogP contribution < -0.4 is 20.1 Å². The molecule has 0 heterocycles. The van der Waals surface area contributed by atoms with Crippen molar-refractivity contribution in [1.82, 2.24) is 10.6 Å². The van der Waals surface area contributed by atoms with Crippen LogP contribution in [0.2, 0.25) is 0 Å². The molecule has 1 aliphatic rings. The number of carbonyl (C=O) groups excluding carboxylic acids is 2. The van der Waals surface area contributed by atoms with Crippen molar-refractivity contribution >= 4 is 27.7 Å². The molecule has 2 N–H and O–H groups in total. The SMILES string of the molecule is O=C(COc1ccc(Br)cc1F)NCCc1ccc(OCC(=O)NC2CC2)cc1. The van der Waals surface area contributed by atoms with Gasteiger partial charge in [0.25, 0.3) is 11.8 Å². The van der Waals surface area contributed by atoms with Gasteiger partial charge in [0.1, 0.15) is 5.75 Å². The first-order valence-corrected chi connectivity index (χ1v) is 10.1. The molecule has 29 heavy (non-hydrogen) atoms. The highest BCUT2D eigenvalue weighted by Crippen LogP contribution is 2.21. The average Bonchev–Trinajstić information content (AvgIpc) is 3.50. The van der Waals surface area contributed by atoms with E-state index in [1.54, 1.807) is 18.2 Å². The predicted molar refractivity (Wildman–Crippen MR) is 109 cm³/mol. The molecular weight excluding hydrogens is 443 g/mol. The molecule has 0 atom stereocenters. The van der Waals surface area contributed by atoms with Crippen LogP contribution in [0.5, 0.6) is 11.5 Å². The smallest absolute Gasteiger partial charge is 0.258 e. The quantitative estimate of drug-likeness (QED) is 0.566. The van der Waals surface area contributed by atoms with Crippen LogP contribution in [-0.4, -0.2) is 37.6 Å². The Balaban J connectivity index is 1.33. The Morgan fingerprint density at radius 2 is 1.76 bits per heavy atom. The van der Waals surface area contributed by atoms with E-state index in [2.05, 4.69) is 26.6 Å². The normalized spacial score (nSPS) is 12.9. The van der Waals surface area contributed by atoms with E-state index in [0.717, 1.165) is 18.4 Å². The van der Waals surface area contributed by atoms with E-state index in [1.165, 1.54) is 12.1 Å². The molecule has 0 saturated heterocycles. The second-order valence-electron chi connectivity index (χ2n) is 6.74. The third kappa shape index (κ3) is 7.38. The van der Waals surface area contributed by atoms with Gasteiger partial charge in [-0.2, -0.15) is 0 Å². The lowest BCUT2D eigenvalue weighted by Crippen LogP contribution is -2.30. The van der Waals surface area contributed by atoms with Crippen LogP contribution in [0, 0.1) is 5.82 Å². The molecule has 1 fully saturated rings. The number of rotatable bonds is 10. The third-order valence-electron chi connectivity index (χ3n) is 4.22. The summed E-state index contributed by atoms with van der Waals surface area (Å²) < 4.78 is 24.9. The van der Waals surface area contributed by atoms with E-state index in [4.69, 9.17) is 9.47 Å². The van der Waals surface area contributed by atoms with Gasteiger partial charge in [0.05, 0.1) is 0 Å². The monoisotopic (exact) mass is 464 g/mol. The maximum Gasteiger partial charge on any atom is 0.258 e. The molecule has 3 rings (SSSR count). The van der Waals surface area contributed by atoms with Gasteiger partial charge in [0.15, 0.2) is 24.8 Å². The first-order chi connectivity index (χ1) is 14.0. The lowest BCUT2D eigenvalue weighted by molar-refractivity contribution is -0.123. The predicted octanol–water partition coefficient (Wildman–Crippen LogP) is 2.98. The standard InChI is InChI=1S/C21H22BrFN2O4/c22-15-3-8-19(18(23)11-15)29-12-20(26)24-10-9-14-1-6-17(7-2-14)28-13-21(27)25-16-4-5-16/h1-3,6-8,11,16H,4-5,9-10,12-13H2,(H,24,26)(H,25,27). The Morgan fingerprint density at radius 1 is 1.03 bits per heavy atom. The van der Waals surface area contributed by atoms with Gasteiger partial charge in [-0.3, -0.25) is 9.59 Å². The maximum atomic E-state index is 13.6. The van der Waals surface area contributed by atoms with Gasteiger partial charge < -0.3 is 20.1 Å². The topological polar surface area (TPSA) is 76.7 Å². The zero-order valence-electron chi connectivity index (χ0n) is 15.8. The highest BCUT2D eigenvalue weighted by atomic mass is 79.9. The van der Waals surface area contributed by atoms with Gasteiger partial charge in [0.2, 0.25) is 0 Å². The van der Waals surface area contributed by atoms with Crippen molar-refractivity contribution in [2.75, 3.05) is 19.8 Å². The van der Waals surface area contributed by atoms with Gasteiger partial charge in [-0.25, -0.2) is 4.39 Å². The molecule has 0 radical (unpaired) electrons. The summed E-state index contributed by atoms with van der Waals surface area (Å²) in [6.45, 7) is 0.175. The van der Waals surface area contributed by atoms with Crippen LogP contribution >= 0.6 is 15.9 Å². The second-order valence-corrected chi connectivity index (χ2v) is 7.65. The highest BCUT2D eigenvalue weighted by Gasteiger charge is 2.23. The minimum Gasteiger partial charge on any atom is -0.484 e. The van der Waals surface area contributed by atoms with Gasteiger partial charge in [0, 0.05) is 17.1 Å². The fourth-order valence-corrected chi connectivity index (χ4v) is 2.86. The number of carbonyl (C=O) groups is 2. The minimum atomic E-state index is -0.528. The number of halogens is 2. The van der Waals surface area contributed by atoms with Gasteiger partial charge in [-0.05, 0) is 55.2 Å². The third-order valence-corrected chi connectivity index (χ3v) is 4.72. The number of nitrogens with one attached hydrogen (secondary N) is 2. The summed E-state index contributed by atoms with van der Waals surface area (Å²) >= 11 is 3.16. The molecule has 0 unspecified atom stereocenters. The van der Waals surface area contributed by atoms with Crippen molar-refractivity contribution in [2.45, 2.75) is 25.3 Å². The fourth-order valence-electron chi connectivity index (χ4n) is 2.53. The summed E-state index contributed by atoms with van der Waals surface area (Å²) in [5.41, 5.74) is 1.01. The van der Waals surface area contributed by atoms with Gasteiger partial charge in [-0.15, -0.1) is 0 Å². The molecule has 0 bridgehead atoms. The number of hydrogen-bond donors (Lipinski definition) is 2. The zero-order valence-corrected chi connectivity index (χ0v) is 17.3. The molecule has 2 amide bonds. The fraction of sp³-hybridized carbons (Fsp3) is 0.333. The molecule has 154 valence electrons. The molecule has 1 saturated carbocycles. The molecule has 8 heteroatoms. The average molecular weight is 465 g/mol. The number of amides is 2. The highest BCUT2D eigenvalue weighted by molar-refractivity contribution is 9.10. The summed E-state index contributed by atoms with van der Waals surface area (Å²) in [5.74, 6) is -0.309. The first kappa shape index (κ1) is 21.1. The Labute approximate surface area is 176 Å². The van der Waals surface area contributed by atoms with Gasteiger partial charge >= 0.3 is 0 Å². The molecule has 0 spiro atoms. The zero-order chi connectivity index (χ0) is 20.6. The van der Waals surface area contributed by atoms with Crippen molar-refractivity contribution in [2.24, 2.45) is 0 Å². The van der Waals surface area contributed by atoms with E-state index in [-0.39, 0.29) is 30.8 Å². The summed E-state index contributed by atoms with van der Waals surface area (Å²) in [6, 6.07) is 12.1. The van der Waals surface area contributed by atoms with Crippen LogP contribution in [0.1, 0.15) is 18.4 Å². The van der Waals surface area contributed by atoms with E-state index in [1.807, 2.05) is 12.1 Å². The summed E-state index contributed by atoms with van der Waals surface area (Å²) in [6.07, 6.45) is 2.72. The lowest BCUT2D eigenvalue weighted by Gasteiger charge is -2.09. The summed E-state index contributed by atoms with van der Waals surface area (Å²) in [5, 5.41) is 5.59. The largest absolute Gasteiger partial charge is 0.484 e. The first-order valence-electron chi connectivity index (χ1n) is 9.35. The van der Waals surface area contributed by atoms with Crippen molar-refractivity contribution in [1.29, 1.82) is 0 Å². The van der Waals surface area contributed by atoms with Crippen LogP contribution in [-0.2, 0) is 16.0 Å². The van der Waals surface area contributed by atoms with E-state index < -0.39 is 5.82 Å². The lowest BCUT2D eigenvalue weighted by atomic mass is 10.1. The minimum absolute atomic E-state index is 0.00483. The summed E-state index contributed by atoms with van der Waals surface area (Å²) in [7, 11) is 0. The van der Waals surface area contributed by atoms with E-state index in [0.29, 0.717) is 29.2 Å². The molecule has 0 aromatic heterocycles. The van der Waals surface area contributed by atoms with Crippen LogP contribution in [0.4, 0.5) is 4.39 Å². The van der Waals surface area contributed by atoms with Crippen molar-refractivity contribution in [3.05, 3.63) is 58.3 Å². The Morgan fingerprint density at radius 3 is 2.45 bits per heavy atom. The van der Waals surface area contributed by atoms with E-state index >= 15 is 0 Å². The van der Waals surface area contributed by atoms with Crippen molar-refractivity contribution in [3.63, 3.8) is 0 Å². The molecule has 6 nitrogen and oxygen atoms in total. The molecular formula is C21H22BrFN2O4. The maximum absolute atomic E-state index is 13.6. The molecule has 2 aromatic carbocycles. The molecule has 0 aliphatic heterocycles. The van der Waals surface area contributed by atoms with Gasteiger partial charge in [-0.1, -0.05) is 28.1 Å². The van der Waals surface area contributed by atoms with Crippen molar-refractivity contribution < 1.29 is 23.5 Å². The Bertz CT molecular complexity index is 856. The van der Waals surface area contributed by atoms with Crippen LogP contribution in [0.25, 0.3) is 0 Å².